The highest BCUT2D eigenvalue weighted by atomic mass is 16.3. The number of aliphatic hydroxyl groups is 1. The van der Waals surface area contributed by atoms with Crippen LogP contribution in [0.15, 0.2) is 71.5 Å². The fourth-order valence-corrected chi connectivity index (χ4v) is 3.45. The predicted molar refractivity (Wildman–Crippen MR) is 120 cm³/mol. The quantitative estimate of drug-likeness (QED) is 0.665. The number of aryl methyl sites for hydroxylation is 1. The van der Waals surface area contributed by atoms with E-state index < -0.39 is 6.10 Å². The largest absolute Gasteiger partial charge is 0.389 e. The van der Waals surface area contributed by atoms with Gasteiger partial charge in [-0.2, -0.15) is 0 Å². The minimum Gasteiger partial charge on any atom is -0.389 e. The molecule has 0 saturated heterocycles. The molecular weight excluding hydrogens is 360 g/mol. The zero-order valence-electron chi connectivity index (χ0n) is 17.4. The molecule has 0 saturated carbocycles. The molecule has 3 rings (SSSR count). The average Bonchev–Trinajstić information content (AvgIpc) is 2.70. The molecule has 2 aromatic carbocycles. The summed E-state index contributed by atoms with van der Waals surface area (Å²) in [6, 6.07) is 13.4. The van der Waals surface area contributed by atoms with Gasteiger partial charge in [0.2, 0.25) is 0 Å². The Balaban J connectivity index is 1.72. The van der Waals surface area contributed by atoms with Gasteiger partial charge in [0, 0.05) is 24.0 Å². The highest BCUT2D eigenvalue weighted by Crippen LogP contribution is 2.25. The molecule has 0 aromatic heterocycles. The van der Waals surface area contributed by atoms with Crippen molar-refractivity contribution in [3.05, 3.63) is 93.7 Å². The Morgan fingerprint density at radius 3 is 2.59 bits per heavy atom. The second-order valence-corrected chi connectivity index (χ2v) is 7.50. The fourth-order valence-electron chi connectivity index (χ4n) is 3.45. The van der Waals surface area contributed by atoms with E-state index in [0.717, 1.165) is 34.5 Å². The number of rotatable bonds is 5. The van der Waals surface area contributed by atoms with Gasteiger partial charge in [-0.1, -0.05) is 30.4 Å². The Bertz CT molecular complexity index is 1010. The number of amides is 1. The molecule has 4 nitrogen and oxygen atoms in total. The van der Waals surface area contributed by atoms with Crippen molar-refractivity contribution in [2.24, 2.45) is 0 Å². The number of allylic oxidation sites excluding steroid dienone is 4. The number of benzene rings is 2. The SMILES string of the molecule is CNc1ccc(/C=C2\C=CC(NC(=O)c3cccc(C(C)O)c3)=C(C)C2)cc1C. The minimum absolute atomic E-state index is 0.169. The van der Waals surface area contributed by atoms with Crippen molar-refractivity contribution >= 4 is 17.7 Å². The molecule has 0 bridgehead atoms. The summed E-state index contributed by atoms with van der Waals surface area (Å²) < 4.78 is 0. The second kappa shape index (κ2) is 8.93. The number of hydrogen-bond donors (Lipinski definition) is 3. The minimum atomic E-state index is -0.600. The van der Waals surface area contributed by atoms with E-state index in [1.165, 1.54) is 11.1 Å². The molecule has 29 heavy (non-hydrogen) atoms. The molecule has 3 N–H and O–H groups in total. The topological polar surface area (TPSA) is 61.4 Å². The van der Waals surface area contributed by atoms with Crippen LogP contribution in [0.5, 0.6) is 0 Å². The molecule has 1 aliphatic carbocycles. The van der Waals surface area contributed by atoms with Gasteiger partial charge in [-0.05, 0) is 85.4 Å². The lowest BCUT2D eigenvalue weighted by Gasteiger charge is -2.17. The fraction of sp³-hybridized carbons (Fsp3) is 0.240. The van der Waals surface area contributed by atoms with Crippen LogP contribution >= 0.6 is 0 Å². The zero-order valence-corrected chi connectivity index (χ0v) is 17.4. The first-order valence-electron chi connectivity index (χ1n) is 9.83. The predicted octanol–water partition coefficient (Wildman–Crippen LogP) is 5.14. The molecule has 0 radical (unpaired) electrons. The van der Waals surface area contributed by atoms with E-state index in [1.54, 1.807) is 25.1 Å². The number of nitrogens with one attached hydrogen (secondary N) is 2. The molecule has 0 fully saturated rings. The molecule has 1 aliphatic rings. The van der Waals surface area contributed by atoms with E-state index in [1.807, 2.05) is 26.1 Å². The Morgan fingerprint density at radius 1 is 1.14 bits per heavy atom. The van der Waals surface area contributed by atoms with Crippen molar-refractivity contribution in [2.45, 2.75) is 33.3 Å². The maximum Gasteiger partial charge on any atom is 0.255 e. The van der Waals surface area contributed by atoms with Gasteiger partial charge in [0.25, 0.3) is 5.91 Å². The Labute approximate surface area is 172 Å². The molecular formula is C25H28N2O2. The van der Waals surface area contributed by atoms with Crippen LogP contribution in [0.3, 0.4) is 0 Å². The summed E-state index contributed by atoms with van der Waals surface area (Å²) in [5, 5.41) is 15.9. The van der Waals surface area contributed by atoms with E-state index in [-0.39, 0.29) is 5.91 Å². The molecule has 0 heterocycles. The molecule has 0 aliphatic heterocycles. The van der Waals surface area contributed by atoms with Gasteiger partial charge in [0.15, 0.2) is 0 Å². The van der Waals surface area contributed by atoms with E-state index in [2.05, 4.69) is 47.9 Å². The van der Waals surface area contributed by atoms with E-state index in [4.69, 9.17) is 0 Å². The molecule has 150 valence electrons. The summed E-state index contributed by atoms with van der Waals surface area (Å²) in [5.74, 6) is -0.169. The molecule has 1 unspecified atom stereocenters. The lowest BCUT2D eigenvalue weighted by molar-refractivity contribution is 0.0966. The van der Waals surface area contributed by atoms with E-state index in [9.17, 15) is 9.90 Å². The van der Waals surface area contributed by atoms with Crippen LogP contribution in [0.4, 0.5) is 5.69 Å². The van der Waals surface area contributed by atoms with Crippen LogP contribution in [-0.4, -0.2) is 18.1 Å². The highest BCUT2D eigenvalue weighted by molar-refractivity contribution is 5.96. The Hall–Kier alpha value is -3.11. The van der Waals surface area contributed by atoms with Crippen molar-refractivity contribution in [2.75, 3.05) is 12.4 Å². The van der Waals surface area contributed by atoms with Gasteiger partial charge in [0.05, 0.1) is 6.10 Å². The normalized spacial score (nSPS) is 16.1. The van der Waals surface area contributed by atoms with Crippen molar-refractivity contribution < 1.29 is 9.90 Å². The average molecular weight is 389 g/mol. The van der Waals surface area contributed by atoms with Gasteiger partial charge in [0.1, 0.15) is 0 Å². The van der Waals surface area contributed by atoms with Crippen LogP contribution in [0.1, 0.15) is 53.4 Å². The maximum absolute atomic E-state index is 12.6. The van der Waals surface area contributed by atoms with Crippen LogP contribution < -0.4 is 10.6 Å². The molecule has 1 atom stereocenters. The van der Waals surface area contributed by atoms with E-state index in [0.29, 0.717) is 5.56 Å². The number of hydrogen-bond acceptors (Lipinski definition) is 3. The summed E-state index contributed by atoms with van der Waals surface area (Å²) in [5.41, 5.74) is 7.92. The third-order valence-corrected chi connectivity index (χ3v) is 5.14. The first-order chi connectivity index (χ1) is 13.9. The monoisotopic (exact) mass is 388 g/mol. The van der Waals surface area contributed by atoms with Gasteiger partial charge >= 0.3 is 0 Å². The van der Waals surface area contributed by atoms with Crippen molar-refractivity contribution in [3.8, 4) is 0 Å². The van der Waals surface area contributed by atoms with Crippen molar-refractivity contribution in [3.63, 3.8) is 0 Å². The smallest absolute Gasteiger partial charge is 0.255 e. The molecule has 2 aromatic rings. The summed E-state index contributed by atoms with van der Waals surface area (Å²) in [6.07, 6.45) is 6.37. The maximum atomic E-state index is 12.6. The van der Waals surface area contributed by atoms with Crippen LogP contribution in [0, 0.1) is 6.92 Å². The second-order valence-electron chi connectivity index (χ2n) is 7.50. The molecule has 0 spiro atoms. The van der Waals surface area contributed by atoms with Crippen LogP contribution in [0.25, 0.3) is 6.08 Å². The standard InChI is InChI=1S/C25H28N2O2/c1-16-12-19(8-10-23(16)26-4)14-20-9-11-24(17(2)13-20)27-25(29)22-7-5-6-21(15-22)18(3)28/h5-12,14-15,18,26,28H,13H2,1-4H3,(H,27,29)/b20-14+. The summed E-state index contributed by atoms with van der Waals surface area (Å²) in [7, 11) is 1.93. The first kappa shape index (κ1) is 20.6. The highest BCUT2D eigenvalue weighted by Gasteiger charge is 2.13. The summed E-state index contributed by atoms with van der Waals surface area (Å²) in [6.45, 7) is 5.82. The lowest BCUT2D eigenvalue weighted by Crippen LogP contribution is -2.24. The van der Waals surface area contributed by atoms with Gasteiger partial charge in [-0.25, -0.2) is 0 Å². The number of carbonyl (C=O) groups excluding carboxylic acids is 1. The number of anilines is 1. The summed E-state index contributed by atoms with van der Waals surface area (Å²) >= 11 is 0. The number of aliphatic hydroxyl groups excluding tert-OH is 1. The third-order valence-electron chi connectivity index (χ3n) is 5.14. The van der Waals surface area contributed by atoms with Crippen LogP contribution in [-0.2, 0) is 0 Å². The van der Waals surface area contributed by atoms with Gasteiger partial charge < -0.3 is 15.7 Å². The lowest BCUT2D eigenvalue weighted by atomic mass is 9.96. The molecule has 4 heteroatoms. The zero-order chi connectivity index (χ0) is 21.0. The van der Waals surface area contributed by atoms with Gasteiger partial charge in [-0.15, -0.1) is 0 Å². The van der Waals surface area contributed by atoms with E-state index >= 15 is 0 Å². The van der Waals surface area contributed by atoms with Crippen molar-refractivity contribution in [1.29, 1.82) is 0 Å². The Kier molecular flexibility index (Phi) is 6.35. The first-order valence-corrected chi connectivity index (χ1v) is 9.83. The third kappa shape index (κ3) is 5.04. The van der Waals surface area contributed by atoms with Crippen molar-refractivity contribution in [1.82, 2.24) is 5.32 Å². The van der Waals surface area contributed by atoms with Crippen LogP contribution in [0.2, 0.25) is 0 Å². The Morgan fingerprint density at radius 2 is 1.93 bits per heavy atom. The number of carbonyl (C=O) groups is 1. The van der Waals surface area contributed by atoms with Gasteiger partial charge in [-0.3, -0.25) is 4.79 Å². The molecule has 1 amide bonds. The summed E-state index contributed by atoms with van der Waals surface area (Å²) in [4.78, 5) is 12.6.